The van der Waals surface area contributed by atoms with Crippen LogP contribution in [0.3, 0.4) is 0 Å². The molecule has 1 atom stereocenters. The first-order valence-electron chi connectivity index (χ1n) is 10.6. The minimum absolute atomic E-state index is 0.00630. The van der Waals surface area contributed by atoms with Gasteiger partial charge in [-0.3, -0.25) is 0 Å². The highest BCUT2D eigenvalue weighted by Crippen LogP contribution is 2.32. The predicted octanol–water partition coefficient (Wildman–Crippen LogP) is 4.46. The van der Waals surface area contributed by atoms with Crippen molar-refractivity contribution in [3.05, 3.63) is 36.5 Å². The molecule has 0 amide bonds. The molecule has 0 aromatic rings. The zero-order valence-corrected chi connectivity index (χ0v) is 19.9. The second kappa shape index (κ2) is 13.1. The van der Waals surface area contributed by atoms with Gasteiger partial charge in [-0.25, -0.2) is 14.4 Å². The van der Waals surface area contributed by atoms with Crippen molar-refractivity contribution in [2.24, 2.45) is 0 Å². The van der Waals surface area contributed by atoms with E-state index in [0.717, 1.165) is 6.42 Å². The van der Waals surface area contributed by atoms with Gasteiger partial charge < -0.3 is 18.9 Å². The molecule has 0 rings (SSSR count). The van der Waals surface area contributed by atoms with Crippen molar-refractivity contribution in [2.75, 3.05) is 19.8 Å². The molecule has 0 saturated heterocycles. The maximum absolute atomic E-state index is 12.0. The zero-order valence-electron chi connectivity index (χ0n) is 19.9. The van der Waals surface area contributed by atoms with E-state index >= 15 is 0 Å². The molecule has 0 N–H and O–H groups in total. The molecule has 176 valence electrons. The van der Waals surface area contributed by atoms with E-state index in [-0.39, 0.29) is 36.5 Å². The molecular weight excluding hydrogens is 400 g/mol. The lowest BCUT2D eigenvalue weighted by atomic mass is 9.92. The summed E-state index contributed by atoms with van der Waals surface area (Å²) in [6, 6.07) is 0. The molecule has 0 saturated carbocycles. The van der Waals surface area contributed by atoms with Crippen LogP contribution in [-0.2, 0) is 33.3 Å². The summed E-state index contributed by atoms with van der Waals surface area (Å²) in [4.78, 5) is 36.0. The monoisotopic (exact) mass is 438 g/mol. The third-order valence-corrected chi connectivity index (χ3v) is 4.87. The Labute approximate surface area is 186 Å². The van der Waals surface area contributed by atoms with Crippen molar-refractivity contribution in [2.45, 2.75) is 78.4 Å². The topological polar surface area (TPSA) is 88.1 Å². The third-order valence-electron chi connectivity index (χ3n) is 4.87. The average molecular weight is 439 g/mol. The van der Waals surface area contributed by atoms with Crippen LogP contribution in [-0.4, -0.2) is 48.9 Å². The van der Waals surface area contributed by atoms with Gasteiger partial charge in [0.15, 0.2) is 0 Å². The number of ether oxygens (including phenoxy) is 4. The summed E-state index contributed by atoms with van der Waals surface area (Å²) in [5.41, 5.74) is -1.23. The maximum Gasteiger partial charge on any atom is 0.333 e. The van der Waals surface area contributed by atoms with Gasteiger partial charge in [0.05, 0.1) is 0 Å². The number of hydrogen-bond donors (Lipinski definition) is 0. The molecule has 1 unspecified atom stereocenters. The van der Waals surface area contributed by atoms with E-state index in [1.165, 1.54) is 0 Å². The molecule has 0 heterocycles. The van der Waals surface area contributed by atoms with Gasteiger partial charge in [0.2, 0.25) is 0 Å². The first-order valence-corrected chi connectivity index (χ1v) is 10.6. The summed E-state index contributed by atoms with van der Waals surface area (Å²) in [5.74, 6) is -1.65. The molecule has 0 aliphatic rings. The van der Waals surface area contributed by atoms with E-state index < -0.39 is 29.1 Å². The Morgan fingerprint density at radius 3 is 1.23 bits per heavy atom. The van der Waals surface area contributed by atoms with E-state index in [1.54, 1.807) is 20.8 Å². The predicted molar refractivity (Wildman–Crippen MR) is 119 cm³/mol. The molecule has 0 aliphatic carbocycles. The fraction of sp³-hybridized carbons (Fsp3) is 0.625. The third kappa shape index (κ3) is 9.51. The zero-order chi connectivity index (χ0) is 24.2. The minimum Gasteiger partial charge on any atom is -0.459 e. The molecular formula is C24H38O7. The van der Waals surface area contributed by atoms with Crippen LogP contribution in [0.15, 0.2) is 36.5 Å². The van der Waals surface area contributed by atoms with Gasteiger partial charge in [-0.2, -0.15) is 0 Å². The maximum atomic E-state index is 12.0. The van der Waals surface area contributed by atoms with Gasteiger partial charge in [0, 0.05) is 16.7 Å². The normalized spacial score (nSPS) is 13.0. The standard InChI is InChI=1S/C24H38O7/c1-10-13-23(11-2,14-28-20(25)17(4)5)31-24(12-3,15-29-21(26)18(6)7)16-30-22(27)19(8)9/h4,6,8,10-16H2,1-3,5,7,9H3. The summed E-state index contributed by atoms with van der Waals surface area (Å²) < 4.78 is 22.7. The van der Waals surface area contributed by atoms with Gasteiger partial charge in [-0.05, 0) is 40.0 Å². The van der Waals surface area contributed by atoms with Crippen LogP contribution in [0.2, 0.25) is 0 Å². The SMILES string of the molecule is C=C(C)C(=O)OCC(CC)(CCC)OC(CC)(COC(=O)C(=C)C)COC(=O)C(=C)C. The molecule has 0 radical (unpaired) electrons. The van der Waals surface area contributed by atoms with E-state index in [4.69, 9.17) is 18.9 Å². The van der Waals surface area contributed by atoms with Crippen molar-refractivity contribution in [1.82, 2.24) is 0 Å². The number of hydrogen-bond acceptors (Lipinski definition) is 7. The second-order valence-electron chi connectivity index (χ2n) is 7.99. The van der Waals surface area contributed by atoms with E-state index in [9.17, 15) is 14.4 Å². The first-order chi connectivity index (χ1) is 14.4. The number of carbonyl (C=O) groups is 3. The fourth-order valence-electron chi connectivity index (χ4n) is 2.76. The lowest BCUT2D eigenvalue weighted by Crippen LogP contribution is -2.53. The highest BCUT2D eigenvalue weighted by molar-refractivity contribution is 5.87. The van der Waals surface area contributed by atoms with Crippen molar-refractivity contribution in [3.8, 4) is 0 Å². The van der Waals surface area contributed by atoms with E-state index in [0.29, 0.717) is 19.3 Å². The van der Waals surface area contributed by atoms with Crippen LogP contribution in [0, 0.1) is 0 Å². The lowest BCUT2D eigenvalue weighted by Gasteiger charge is -2.42. The van der Waals surface area contributed by atoms with Crippen LogP contribution in [0.5, 0.6) is 0 Å². The smallest absolute Gasteiger partial charge is 0.333 e. The summed E-state index contributed by atoms with van der Waals surface area (Å²) in [5, 5.41) is 0. The largest absolute Gasteiger partial charge is 0.459 e. The molecule has 0 fully saturated rings. The molecule has 0 aromatic heterocycles. The van der Waals surface area contributed by atoms with E-state index in [2.05, 4.69) is 19.7 Å². The quantitative estimate of drug-likeness (QED) is 0.212. The van der Waals surface area contributed by atoms with Gasteiger partial charge >= 0.3 is 17.9 Å². The number of rotatable bonds is 15. The Hall–Kier alpha value is -2.41. The van der Waals surface area contributed by atoms with Gasteiger partial charge in [-0.1, -0.05) is 46.9 Å². The number of esters is 3. The second-order valence-corrected chi connectivity index (χ2v) is 7.99. The van der Waals surface area contributed by atoms with Crippen LogP contribution < -0.4 is 0 Å². The molecule has 7 nitrogen and oxygen atoms in total. The van der Waals surface area contributed by atoms with Gasteiger partial charge in [0.25, 0.3) is 0 Å². The summed E-state index contributed by atoms with van der Waals surface area (Å²) in [6.45, 7) is 20.9. The Morgan fingerprint density at radius 1 is 0.645 bits per heavy atom. The molecule has 0 spiro atoms. The molecule has 0 bridgehead atoms. The Kier molecular flexibility index (Phi) is 12.1. The van der Waals surface area contributed by atoms with E-state index in [1.807, 2.05) is 20.8 Å². The Balaban J connectivity index is 5.90. The minimum atomic E-state index is -1.14. The highest BCUT2D eigenvalue weighted by Gasteiger charge is 2.43. The van der Waals surface area contributed by atoms with Crippen LogP contribution in [0.1, 0.15) is 67.2 Å². The van der Waals surface area contributed by atoms with Gasteiger partial charge in [0.1, 0.15) is 31.0 Å². The summed E-state index contributed by atoms with van der Waals surface area (Å²) >= 11 is 0. The van der Waals surface area contributed by atoms with Crippen LogP contribution >= 0.6 is 0 Å². The van der Waals surface area contributed by atoms with Crippen molar-refractivity contribution < 1.29 is 33.3 Å². The first kappa shape index (κ1) is 28.6. The van der Waals surface area contributed by atoms with Crippen LogP contribution in [0.4, 0.5) is 0 Å². The lowest BCUT2D eigenvalue weighted by molar-refractivity contribution is -0.223. The molecule has 0 aromatic carbocycles. The van der Waals surface area contributed by atoms with Crippen molar-refractivity contribution in [3.63, 3.8) is 0 Å². The highest BCUT2D eigenvalue weighted by atomic mass is 16.6. The van der Waals surface area contributed by atoms with Gasteiger partial charge in [-0.15, -0.1) is 0 Å². The average Bonchev–Trinajstić information content (AvgIpc) is 2.72. The van der Waals surface area contributed by atoms with Crippen molar-refractivity contribution in [1.29, 1.82) is 0 Å². The molecule has 0 aliphatic heterocycles. The Morgan fingerprint density at radius 2 is 0.968 bits per heavy atom. The Bertz CT molecular complexity index is 662. The summed E-state index contributed by atoms with van der Waals surface area (Å²) in [7, 11) is 0. The van der Waals surface area contributed by atoms with Crippen molar-refractivity contribution >= 4 is 17.9 Å². The van der Waals surface area contributed by atoms with Crippen LogP contribution in [0.25, 0.3) is 0 Å². The molecule has 7 heteroatoms. The fourth-order valence-corrected chi connectivity index (χ4v) is 2.76. The molecule has 31 heavy (non-hydrogen) atoms. The number of carbonyl (C=O) groups excluding carboxylic acids is 3. The summed E-state index contributed by atoms with van der Waals surface area (Å²) in [6.07, 6.45) is 2.24.